The molecule has 0 spiro atoms. The molecule has 1 saturated carbocycles. The molecule has 1 aromatic heterocycles. The number of nitrogens with zero attached hydrogens (tertiary/aromatic N) is 3. The van der Waals surface area contributed by atoms with E-state index in [0.29, 0.717) is 30.1 Å². The summed E-state index contributed by atoms with van der Waals surface area (Å²) in [6, 6.07) is -0.451. The number of aryl methyl sites for hydroxylation is 1. The Hall–Kier alpha value is -1.76. The van der Waals surface area contributed by atoms with Crippen molar-refractivity contribution in [2.24, 2.45) is 5.92 Å². The van der Waals surface area contributed by atoms with Crippen LogP contribution in [0.1, 0.15) is 50.8 Å². The van der Waals surface area contributed by atoms with Crippen molar-refractivity contribution < 1.29 is 14.3 Å². The third-order valence-corrected chi connectivity index (χ3v) is 4.44. The zero-order valence-electron chi connectivity index (χ0n) is 12.8. The van der Waals surface area contributed by atoms with Gasteiger partial charge in [-0.15, -0.1) is 0 Å². The molecular weight excluding hydrogens is 287 g/mol. The summed E-state index contributed by atoms with van der Waals surface area (Å²) in [4.78, 5) is 18.1. The van der Waals surface area contributed by atoms with E-state index in [1.54, 1.807) is 6.92 Å². The van der Waals surface area contributed by atoms with Gasteiger partial charge in [0.2, 0.25) is 0 Å². The Balaban J connectivity index is 1.84. The summed E-state index contributed by atoms with van der Waals surface area (Å²) >= 11 is 0. The Morgan fingerprint density at radius 1 is 1.50 bits per heavy atom. The summed E-state index contributed by atoms with van der Waals surface area (Å²) in [6.07, 6.45) is 2.24. The molecule has 2 fully saturated rings. The standard InChI is InChI=1S/C15H21FN4O2/c1-3-12-17-14(19-18-12)11-6-10(21)7-20(11)15(22)13(16)8(2)9-4-5-9/h9-11,21H,3-7H2,1-2H3,(H,17,18,19)/b13-8-/t10-,11+/m1/s1. The van der Waals surface area contributed by atoms with Gasteiger partial charge in [-0.2, -0.15) is 5.10 Å². The second kappa shape index (κ2) is 5.79. The van der Waals surface area contributed by atoms with Crippen molar-refractivity contribution in [1.29, 1.82) is 0 Å². The van der Waals surface area contributed by atoms with E-state index >= 15 is 0 Å². The minimum Gasteiger partial charge on any atom is -0.391 e. The van der Waals surface area contributed by atoms with Gasteiger partial charge in [0.1, 0.15) is 5.82 Å². The van der Waals surface area contributed by atoms with Crippen molar-refractivity contribution in [1.82, 2.24) is 20.1 Å². The summed E-state index contributed by atoms with van der Waals surface area (Å²) in [5.74, 6) is 0.0247. The van der Waals surface area contributed by atoms with Gasteiger partial charge in [-0.1, -0.05) is 6.92 Å². The quantitative estimate of drug-likeness (QED) is 0.829. The topological polar surface area (TPSA) is 82.1 Å². The van der Waals surface area contributed by atoms with Crippen LogP contribution in [0.25, 0.3) is 0 Å². The number of rotatable bonds is 4. The van der Waals surface area contributed by atoms with Crippen LogP contribution in [-0.4, -0.2) is 43.7 Å². The molecule has 3 rings (SSSR count). The molecule has 6 nitrogen and oxygen atoms in total. The van der Waals surface area contributed by atoms with E-state index < -0.39 is 23.9 Å². The van der Waals surface area contributed by atoms with Crippen molar-refractivity contribution in [3.63, 3.8) is 0 Å². The molecule has 0 aromatic carbocycles. The number of amides is 1. The molecule has 2 atom stereocenters. The molecule has 0 radical (unpaired) electrons. The average Bonchev–Trinajstić information content (AvgIpc) is 3.12. The number of allylic oxidation sites excluding steroid dienone is 1. The first-order chi connectivity index (χ1) is 10.5. The van der Waals surface area contributed by atoms with Gasteiger partial charge in [0.25, 0.3) is 5.91 Å². The minimum atomic E-state index is -0.683. The maximum absolute atomic E-state index is 14.4. The number of aromatic amines is 1. The number of likely N-dealkylation sites (tertiary alicyclic amines) is 1. The van der Waals surface area contributed by atoms with Gasteiger partial charge >= 0.3 is 0 Å². The van der Waals surface area contributed by atoms with Crippen LogP contribution in [0.5, 0.6) is 0 Å². The van der Waals surface area contributed by atoms with E-state index in [0.717, 1.165) is 12.8 Å². The number of aliphatic hydroxyl groups is 1. The fourth-order valence-corrected chi connectivity index (χ4v) is 2.91. The SMILES string of the molecule is CCc1n[nH]c([C@@H]2C[C@@H](O)CN2C(=O)/C(F)=C(\C)C2CC2)n1. The lowest BCUT2D eigenvalue weighted by Crippen LogP contribution is -2.33. The number of aliphatic hydroxyl groups excluding tert-OH is 1. The lowest BCUT2D eigenvalue weighted by Gasteiger charge is -2.22. The molecule has 1 aliphatic carbocycles. The summed E-state index contributed by atoms with van der Waals surface area (Å²) in [7, 11) is 0. The highest BCUT2D eigenvalue weighted by molar-refractivity contribution is 5.92. The van der Waals surface area contributed by atoms with Crippen LogP contribution in [-0.2, 0) is 11.2 Å². The molecule has 1 aromatic rings. The number of H-pyrrole nitrogens is 1. The molecule has 0 bridgehead atoms. The monoisotopic (exact) mass is 308 g/mol. The number of carbonyl (C=O) groups excluding carboxylic acids is 1. The molecular formula is C15H21FN4O2. The number of halogens is 1. The fourth-order valence-electron chi connectivity index (χ4n) is 2.91. The van der Waals surface area contributed by atoms with Gasteiger partial charge < -0.3 is 10.0 Å². The number of β-amino-alcohol motifs (C(OH)–C–C–N with tert-alkyl or cyclic N) is 1. The predicted octanol–water partition coefficient (Wildman–Crippen LogP) is 1.65. The van der Waals surface area contributed by atoms with Crippen LogP contribution < -0.4 is 0 Å². The predicted molar refractivity (Wildman–Crippen MR) is 77.4 cm³/mol. The van der Waals surface area contributed by atoms with Gasteiger partial charge in [0, 0.05) is 19.4 Å². The summed E-state index contributed by atoms with van der Waals surface area (Å²) < 4.78 is 14.4. The van der Waals surface area contributed by atoms with Crippen LogP contribution >= 0.6 is 0 Å². The molecule has 1 saturated heterocycles. The Bertz CT molecular complexity index is 608. The third-order valence-electron chi connectivity index (χ3n) is 4.44. The molecule has 120 valence electrons. The van der Waals surface area contributed by atoms with E-state index in [9.17, 15) is 14.3 Å². The summed E-state index contributed by atoms with van der Waals surface area (Å²) in [5, 5.41) is 16.7. The van der Waals surface area contributed by atoms with Crippen molar-refractivity contribution >= 4 is 5.91 Å². The van der Waals surface area contributed by atoms with E-state index in [1.165, 1.54) is 4.90 Å². The Labute approximate surface area is 128 Å². The van der Waals surface area contributed by atoms with E-state index in [1.807, 2.05) is 6.92 Å². The van der Waals surface area contributed by atoms with Gasteiger partial charge in [-0.3, -0.25) is 9.89 Å². The lowest BCUT2D eigenvalue weighted by molar-refractivity contribution is -0.130. The second-order valence-electron chi connectivity index (χ2n) is 6.12. The van der Waals surface area contributed by atoms with E-state index in [-0.39, 0.29) is 12.5 Å². The van der Waals surface area contributed by atoms with Gasteiger partial charge in [-0.25, -0.2) is 9.37 Å². The highest BCUT2D eigenvalue weighted by Gasteiger charge is 2.40. The van der Waals surface area contributed by atoms with Crippen molar-refractivity contribution in [2.75, 3.05) is 6.54 Å². The Morgan fingerprint density at radius 3 is 2.82 bits per heavy atom. The highest BCUT2D eigenvalue weighted by Crippen LogP contribution is 2.39. The first kappa shape index (κ1) is 15.1. The number of carbonyl (C=O) groups is 1. The van der Waals surface area contributed by atoms with Crippen LogP contribution in [0.4, 0.5) is 4.39 Å². The largest absolute Gasteiger partial charge is 0.391 e. The van der Waals surface area contributed by atoms with Crippen LogP contribution in [0.3, 0.4) is 0 Å². The highest BCUT2D eigenvalue weighted by atomic mass is 19.1. The second-order valence-corrected chi connectivity index (χ2v) is 6.12. The van der Waals surface area contributed by atoms with E-state index in [4.69, 9.17) is 0 Å². The van der Waals surface area contributed by atoms with Crippen molar-refractivity contribution in [2.45, 2.75) is 51.7 Å². The molecule has 2 aliphatic rings. The Morgan fingerprint density at radius 2 is 2.23 bits per heavy atom. The molecule has 1 amide bonds. The zero-order chi connectivity index (χ0) is 15.9. The number of hydrogen-bond acceptors (Lipinski definition) is 4. The maximum atomic E-state index is 14.4. The summed E-state index contributed by atoms with van der Waals surface area (Å²) in [6.45, 7) is 3.73. The molecule has 0 unspecified atom stereocenters. The zero-order valence-corrected chi connectivity index (χ0v) is 12.8. The van der Waals surface area contributed by atoms with E-state index in [2.05, 4.69) is 15.2 Å². The molecule has 2 heterocycles. The summed E-state index contributed by atoms with van der Waals surface area (Å²) in [5.41, 5.74) is 0.525. The molecule has 7 heteroatoms. The fraction of sp³-hybridized carbons (Fsp3) is 0.667. The van der Waals surface area contributed by atoms with Crippen LogP contribution in [0.2, 0.25) is 0 Å². The average molecular weight is 308 g/mol. The Kier molecular flexibility index (Phi) is 3.99. The van der Waals surface area contributed by atoms with Crippen molar-refractivity contribution in [3.8, 4) is 0 Å². The number of aromatic nitrogens is 3. The first-order valence-electron chi connectivity index (χ1n) is 7.77. The molecule has 1 aliphatic heterocycles. The molecule has 2 N–H and O–H groups in total. The van der Waals surface area contributed by atoms with Crippen LogP contribution in [0.15, 0.2) is 11.4 Å². The maximum Gasteiger partial charge on any atom is 0.283 e. The number of nitrogens with one attached hydrogen (secondary N) is 1. The smallest absolute Gasteiger partial charge is 0.283 e. The van der Waals surface area contributed by atoms with Gasteiger partial charge in [0.05, 0.1) is 12.1 Å². The third kappa shape index (κ3) is 2.77. The normalized spacial score (nSPS) is 26.3. The minimum absolute atomic E-state index is 0.122. The number of hydrogen-bond donors (Lipinski definition) is 2. The van der Waals surface area contributed by atoms with Gasteiger partial charge in [-0.05, 0) is 31.3 Å². The lowest BCUT2D eigenvalue weighted by atomic mass is 10.1. The van der Waals surface area contributed by atoms with Crippen LogP contribution in [0, 0.1) is 5.92 Å². The van der Waals surface area contributed by atoms with Gasteiger partial charge in [0.15, 0.2) is 11.7 Å². The molecule has 22 heavy (non-hydrogen) atoms. The first-order valence-corrected chi connectivity index (χ1v) is 7.77. The van der Waals surface area contributed by atoms with Crippen molar-refractivity contribution in [3.05, 3.63) is 23.0 Å².